The molecule has 18 heavy (non-hydrogen) atoms. The first-order valence-electron chi connectivity index (χ1n) is 6.01. The van der Waals surface area contributed by atoms with Crippen LogP contribution in [-0.4, -0.2) is 25.5 Å². The van der Waals surface area contributed by atoms with E-state index >= 15 is 0 Å². The van der Waals surface area contributed by atoms with E-state index in [1.807, 2.05) is 13.0 Å². The first-order valence-corrected chi connectivity index (χ1v) is 6.01. The van der Waals surface area contributed by atoms with Gasteiger partial charge in [0.15, 0.2) is 0 Å². The smallest absolute Gasteiger partial charge is 0.337 e. The lowest BCUT2D eigenvalue weighted by molar-refractivity contribution is -0.120. The minimum atomic E-state index is -0.353. The minimum absolute atomic E-state index is 0.0661. The second kappa shape index (κ2) is 4.80. The fraction of sp³-hybridized carbons (Fsp3) is 0.429. The average Bonchev–Trinajstić information content (AvgIpc) is 2.68. The van der Waals surface area contributed by atoms with Crippen molar-refractivity contribution in [1.82, 2.24) is 5.32 Å². The molecule has 0 spiro atoms. The number of esters is 1. The molecule has 2 rings (SSSR count). The molecule has 0 radical (unpaired) electrons. The molecule has 2 atom stereocenters. The van der Waals surface area contributed by atoms with Crippen molar-refractivity contribution in [1.29, 1.82) is 0 Å². The predicted molar refractivity (Wildman–Crippen MR) is 67.4 cm³/mol. The zero-order valence-electron chi connectivity index (χ0n) is 10.8. The Labute approximate surface area is 106 Å². The van der Waals surface area contributed by atoms with Crippen LogP contribution in [0.15, 0.2) is 18.2 Å². The molecule has 1 aliphatic rings. The van der Waals surface area contributed by atoms with Gasteiger partial charge in [-0.3, -0.25) is 4.79 Å². The fourth-order valence-corrected chi connectivity index (χ4v) is 2.47. The molecule has 1 unspecified atom stereocenters. The number of rotatable bonds is 2. The fourth-order valence-electron chi connectivity index (χ4n) is 2.47. The Balaban J connectivity index is 2.35. The topological polar surface area (TPSA) is 55.4 Å². The molecule has 1 aliphatic heterocycles. The Bertz CT molecular complexity index is 496. The molecule has 1 aromatic rings. The number of nitrogens with one attached hydrogen (secondary N) is 1. The number of hydrogen-bond donors (Lipinski definition) is 1. The van der Waals surface area contributed by atoms with Gasteiger partial charge >= 0.3 is 5.97 Å². The van der Waals surface area contributed by atoms with Crippen molar-refractivity contribution in [3.8, 4) is 0 Å². The summed E-state index contributed by atoms with van der Waals surface area (Å²) < 4.78 is 4.68. The van der Waals surface area contributed by atoms with Crippen molar-refractivity contribution < 1.29 is 14.3 Å². The molecule has 0 aromatic heterocycles. The summed E-state index contributed by atoms with van der Waals surface area (Å²) in [4.78, 5) is 23.2. The normalized spacial score (nSPS) is 22.7. The van der Waals surface area contributed by atoms with Gasteiger partial charge < -0.3 is 10.1 Å². The summed E-state index contributed by atoms with van der Waals surface area (Å²) in [5.74, 6) is -0.123. The summed E-state index contributed by atoms with van der Waals surface area (Å²) in [5, 5.41) is 2.86. The van der Waals surface area contributed by atoms with Gasteiger partial charge in [0.05, 0.1) is 18.6 Å². The zero-order valence-corrected chi connectivity index (χ0v) is 10.8. The molecule has 0 bridgehead atoms. The first-order chi connectivity index (χ1) is 8.54. The van der Waals surface area contributed by atoms with Crippen LogP contribution in [0, 0.1) is 12.8 Å². The van der Waals surface area contributed by atoms with Gasteiger partial charge in [-0.2, -0.15) is 0 Å². The van der Waals surface area contributed by atoms with Gasteiger partial charge in [0, 0.05) is 6.54 Å². The number of methoxy groups -OCH3 is 1. The van der Waals surface area contributed by atoms with Crippen LogP contribution < -0.4 is 5.32 Å². The Morgan fingerprint density at radius 2 is 2.17 bits per heavy atom. The van der Waals surface area contributed by atoms with Crippen molar-refractivity contribution in [3.63, 3.8) is 0 Å². The van der Waals surface area contributed by atoms with Gasteiger partial charge in [0.2, 0.25) is 5.91 Å². The summed E-state index contributed by atoms with van der Waals surface area (Å²) in [5.41, 5.74) is 2.46. The highest BCUT2D eigenvalue weighted by molar-refractivity contribution is 5.90. The maximum Gasteiger partial charge on any atom is 0.337 e. The minimum Gasteiger partial charge on any atom is -0.465 e. The van der Waals surface area contributed by atoms with Gasteiger partial charge in [0.25, 0.3) is 0 Å². The van der Waals surface area contributed by atoms with Crippen LogP contribution in [0.25, 0.3) is 0 Å². The number of carbonyl (C=O) groups excluding carboxylic acids is 2. The molecule has 1 N–H and O–H groups in total. The Morgan fingerprint density at radius 3 is 2.67 bits per heavy atom. The molecule has 96 valence electrons. The standard InChI is InChI=1S/C14H17NO3/c1-8-6-10(14(17)18-3)4-5-11(8)12-9(2)7-15-13(12)16/h4-6,9,12H,7H2,1-3H3,(H,15,16)/t9?,12-/m1/s1. The van der Waals surface area contributed by atoms with Crippen LogP contribution in [0.4, 0.5) is 0 Å². The predicted octanol–water partition coefficient (Wildman–Crippen LogP) is 1.63. The third kappa shape index (κ3) is 2.10. The van der Waals surface area contributed by atoms with E-state index in [0.717, 1.165) is 11.1 Å². The third-order valence-electron chi connectivity index (χ3n) is 3.48. The summed E-state index contributed by atoms with van der Waals surface area (Å²) in [6, 6.07) is 5.35. The van der Waals surface area contributed by atoms with E-state index in [4.69, 9.17) is 0 Å². The van der Waals surface area contributed by atoms with Crippen LogP contribution in [-0.2, 0) is 9.53 Å². The van der Waals surface area contributed by atoms with Crippen molar-refractivity contribution in [2.24, 2.45) is 5.92 Å². The van der Waals surface area contributed by atoms with Gasteiger partial charge in [-0.1, -0.05) is 13.0 Å². The third-order valence-corrected chi connectivity index (χ3v) is 3.48. The highest BCUT2D eigenvalue weighted by atomic mass is 16.5. The molecule has 0 saturated carbocycles. The number of carbonyl (C=O) groups is 2. The van der Waals surface area contributed by atoms with E-state index in [9.17, 15) is 9.59 Å². The quantitative estimate of drug-likeness (QED) is 0.808. The summed E-state index contributed by atoms with van der Waals surface area (Å²) in [7, 11) is 1.36. The van der Waals surface area contributed by atoms with Gasteiger partial charge in [-0.15, -0.1) is 0 Å². The SMILES string of the molecule is COC(=O)c1ccc([C@@H]2C(=O)NCC2C)c(C)c1. The maximum atomic E-state index is 11.8. The average molecular weight is 247 g/mol. The monoisotopic (exact) mass is 247 g/mol. The van der Waals surface area contributed by atoms with E-state index in [1.54, 1.807) is 12.1 Å². The first kappa shape index (κ1) is 12.6. The van der Waals surface area contributed by atoms with Crippen molar-refractivity contribution in [2.45, 2.75) is 19.8 Å². The van der Waals surface area contributed by atoms with Crippen molar-refractivity contribution in [3.05, 3.63) is 34.9 Å². The van der Waals surface area contributed by atoms with E-state index in [-0.39, 0.29) is 23.7 Å². The number of ether oxygens (including phenoxy) is 1. The van der Waals surface area contributed by atoms with Crippen LogP contribution in [0.5, 0.6) is 0 Å². The lowest BCUT2D eigenvalue weighted by atomic mass is 9.86. The lowest BCUT2D eigenvalue weighted by Crippen LogP contribution is -2.19. The highest BCUT2D eigenvalue weighted by Gasteiger charge is 2.33. The maximum absolute atomic E-state index is 11.8. The largest absolute Gasteiger partial charge is 0.465 e. The number of benzene rings is 1. The summed E-state index contributed by atoms with van der Waals surface area (Å²) in [6.07, 6.45) is 0. The second-order valence-corrected chi connectivity index (χ2v) is 4.76. The van der Waals surface area contributed by atoms with Crippen LogP contribution in [0.3, 0.4) is 0 Å². The Kier molecular flexibility index (Phi) is 3.36. The second-order valence-electron chi connectivity index (χ2n) is 4.76. The molecule has 1 saturated heterocycles. The number of amides is 1. The molecule has 1 fully saturated rings. The summed E-state index contributed by atoms with van der Waals surface area (Å²) in [6.45, 7) is 4.68. The van der Waals surface area contributed by atoms with E-state index in [0.29, 0.717) is 12.1 Å². The molecule has 1 amide bonds. The zero-order chi connectivity index (χ0) is 13.3. The highest BCUT2D eigenvalue weighted by Crippen LogP contribution is 2.31. The van der Waals surface area contributed by atoms with E-state index in [2.05, 4.69) is 17.0 Å². The molecule has 4 nitrogen and oxygen atoms in total. The van der Waals surface area contributed by atoms with Crippen molar-refractivity contribution in [2.75, 3.05) is 13.7 Å². The van der Waals surface area contributed by atoms with E-state index < -0.39 is 0 Å². The van der Waals surface area contributed by atoms with Crippen molar-refractivity contribution >= 4 is 11.9 Å². The van der Waals surface area contributed by atoms with Crippen LogP contribution >= 0.6 is 0 Å². The van der Waals surface area contributed by atoms with Gasteiger partial charge in [-0.05, 0) is 36.1 Å². The van der Waals surface area contributed by atoms with Gasteiger partial charge in [0.1, 0.15) is 0 Å². The van der Waals surface area contributed by atoms with Crippen LogP contribution in [0.2, 0.25) is 0 Å². The Morgan fingerprint density at radius 1 is 1.44 bits per heavy atom. The molecule has 4 heteroatoms. The van der Waals surface area contributed by atoms with Gasteiger partial charge in [-0.25, -0.2) is 4.79 Å². The van der Waals surface area contributed by atoms with Crippen LogP contribution in [0.1, 0.15) is 34.3 Å². The molecule has 0 aliphatic carbocycles. The molecule has 1 aromatic carbocycles. The lowest BCUT2D eigenvalue weighted by Gasteiger charge is -2.16. The molecular weight excluding hydrogens is 230 g/mol. The number of aryl methyl sites for hydroxylation is 1. The summed E-state index contributed by atoms with van der Waals surface area (Å²) >= 11 is 0. The Hall–Kier alpha value is -1.84. The molecule has 1 heterocycles. The van der Waals surface area contributed by atoms with E-state index in [1.165, 1.54) is 7.11 Å². The number of hydrogen-bond acceptors (Lipinski definition) is 3. The molecular formula is C14H17NO3.